The first kappa shape index (κ1) is 30.9. The molecule has 2 aliphatic carbocycles. The Hall–Kier alpha value is -3.54. The number of rotatable bonds is 4. The Morgan fingerprint density at radius 3 is 1.47 bits per heavy atom. The van der Waals surface area contributed by atoms with Gasteiger partial charge in [-0.3, -0.25) is 0 Å². The van der Waals surface area contributed by atoms with E-state index in [1.165, 1.54) is 12.1 Å². The molecule has 0 spiro atoms. The maximum atomic E-state index is 14.3. The Bertz CT molecular complexity index is 1550. The molecule has 0 N–H and O–H groups in total. The Balaban J connectivity index is 2.01. The summed E-state index contributed by atoms with van der Waals surface area (Å²) in [5, 5.41) is 0. The smallest absolute Gasteiger partial charge is 0.166 e. The van der Waals surface area contributed by atoms with Gasteiger partial charge < -0.3 is 0 Å². The monoisotopic (exact) mass is 594 g/mol. The molecule has 43 heavy (non-hydrogen) atoms. The van der Waals surface area contributed by atoms with Crippen LogP contribution in [-0.2, 0) is 23.2 Å². The molecule has 1 unspecified atom stereocenters. The number of halogens is 6. The van der Waals surface area contributed by atoms with Gasteiger partial charge in [-0.25, -0.2) is 0 Å². The van der Waals surface area contributed by atoms with Gasteiger partial charge in [0.15, 0.2) is 0 Å². The van der Waals surface area contributed by atoms with E-state index in [9.17, 15) is 26.3 Å². The molecule has 0 aliphatic heterocycles. The number of allylic oxidation sites excluding steroid dienone is 5. The lowest BCUT2D eigenvalue weighted by Crippen LogP contribution is -2.43. The minimum atomic E-state index is -4.64. The van der Waals surface area contributed by atoms with Gasteiger partial charge in [-0.05, 0) is 50.8 Å². The topological polar surface area (TPSA) is 0 Å². The highest BCUT2D eigenvalue weighted by Gasteiger charge is 2.54. The summed E-state index contributed by atoms with van der Waals surface area (Å²) in [5.74, 6) is -1.10. The molecule has 0 saturated heterocycles. The van der Waals surface area contributed by atoms with Crippen molar-refractivity contribution in [3.05, 3.63) is 136 Å². The van der Waals surface area contributed by atoms with E-state index < -0.39 is 46.1 Å². The molecule has 3 aromatic rings. The van der Waals surface area contributed by atoms with E-state index in [2.05, 4.69) is 47.6 Å². The fraction of sp³-hybridized carbons (Fsp3) is 0.351. The molecule has 0 amide bonds. The second kappa shape index (κ2) is 10.3. The van der Waals surface area contributed by atoms with Crippen LogP contribution in [0.2, 0.25) is 0 Å². The van der Waals surface area contributed by atoms with Crippen molar-refractivity contribution >= 4 is 6.08 Å². The van der Waals surface area contributed by atoms with Gasteiger partial charge in [0.1, 0.15) is 0 Å². The number of benzene rings is 3. The third-order valence-corrected chi connectivity index (χ3v) is 8.79. The molecule has 6 heteroatoms. The van der Waals surface area contributed by atoms with Crippen molar-refractivity contribution < 1.29 is 26.3 Å². The van der Waals surface area contributed by atoms with Gasteiger partial charge in [0, 0.05) is 17.3 Å². The lowest BCUT2D eigenvalue weighted by atomic mass is 9.53. The van der Waals surface area contributed by atoms with Crippen molar-refractivity contribution in [2.75, 3.05) is 0 Å². The minimum Gasteiger partial charge on any atom is -0.166 e. The highest BCUT2D eigenvalue weighted by atomic mass is 19.4. The zero-order valence-electron chi connectivity index (χ0n) is 25.2. The number of fused-ring (bicyclic) bond motifs is 1. The quantitative estimate of drug-likeness (QED) is 0.264. The van der Waals surface area contributed by atoms with E-state index in [-0.39, 0.29) is 5.41 Å². The largest absolute Gasteiger partial charge is 0.416 e. The summed E-state index contributed by atoms with van der Waals surface area (Å²) in [4.78, 5) is 0. The van der Waals surface area contributed by atoms with Gasteiger partial charge in [-0.15, -0.1) is 0 Å². The number of alkyl halides is 6. The van der Waals surface area contributed by atoms with E-state index in [0.717, 1.165) is 46.5 Å². The van der Waals surface area contributed by atoms with Crippen LogP contribution in [0.25, 0.3) is 6.08 Å². The van der Waals surface area contributed by atoms with Crippen molar-refractivity contribution in [1.29, 1.82) is 0 Å². The standard InChI is InChI=1S/C37H36F6/c1-33(2,3)29-19-9-12-23-20-30(34(4,5)6)32(31(23)29)35(24-13-7-8-14-24,25-15-10-17-27(21-25)36(38,39)40)26-16-11-18-28(22-26)37(41,42)43/h7-22,24,32H,1-6H3. The summed E-state index contributed by atoms with van der Waals surface area (Å²) < 4.78 is 85.6. The second-order valence-electron chi connectivity index (χ2n) is 13.7. The van der Waals surface area contributed by atoms with Crippen LogP contribution in [0.4, 0.5) is 26.3 Å². The molecule has 0 aromatic heterocycles. The fourth-order valence-electron chi connectivity index (χ4n) is 6.93. The van der Waals surface area contributed by atoms with Crippen molar-refractivity contribution in [3.8, 4) is 0 Å². The molecule has 0 radical (unpaired) electrons. The summed E-state index contributed by atoms with van der Waals surface area (Å²) in [6, 6.07) is 16.4. The highest BCUT2D eigenvalue weighted by Crippen LogP contribution is 2.62. The van der Waals surface area contributed by atoms with E-state index >= 15 is 0 Å². The maximum Gasteiger partial charge on any atom is 0.416 e. The lowest BCUT2D eigenvalue weighted by molar-refractivity contribution is -0.138. The molecule has 1 atom stereocenters. The van der Waals surface area contributed by atoms with Gasteiger partial charge >= 0.3 is 12.4 Å². The molecule has 0 nitrogen and oxygen atoms in total. The average molecular weight is 595 g/mol. The van der Waals surface area contributed by atoms with Crippen molar-refractivity contribution in [2.24, 2.45) is 11.3 Å². The molecular formula is C37H36F6. The van der Waals surface area contributed by atoms with Crippen LogP contribution in [0, 0.1) is 11.3 Å². The number of hydrogen-bond donors (Lipinski definition) is 0. The van der Waals surface area contributed by atoms with E-state index in [1.807, 2.05) is 42.5 Å². The summed E-state index contributed by atoms with van der Waals surface area (Å²) in [7, 11) is 0. The third kappa shape index (κ3) is 5.38. The van der Waals surface area contributed by atoms with E-state index in [1.54, 1.807) is 12.1 Å². The molecule has 0 fully saturated rings. The molecule has 0 saturated carbocycles. The van der Waals surface area contributed by atoms with Crippen LogP contribution in [0.5, 0.6) is 0 Å². The normalized spacial score (nSPS) is 17.9. The van der Waals surface area contributed by atoms with Crippen LogP contribution in [0.1, 0.15) is 86.4 Å². The first-order valence-electron chi connectivity index (χ1n) is 14.4. The van der Waals surface area contributed by atoms with Gasteiger partial charge in [0.2, 0.25) is 0 Å². The first-order chi connectivity index (χ1) is 19.9. The lowest BCUT2D eigenvalue weighted by Gasteiger charge is -2.49. The van der Waals surface area contributed by atoms with Crippen LogP contribution in [-0.4, -0.2) is 0 Å². The van der Waals surface area contributed by atoms with Crippen LogP contribution >= 0.6 is 0 Å². The molecule has 5 rings (SSSR count). The van der Waals surface area contributed by atoms with Crippen molar-refractivity contribution in [3.63, 3.8) is 0 Å². The zero-order chi connectivity index (χ0) is 31.6. The predicted molar refractivity (Wildman–Crippen MR) is 161 cm³/mol. The Labute approximate surface area is 249 Å². The van der Waals surface area contributed by atoms with Crippen LogP contribution in [0.3, 0.4) is 0 Å². The van der Waals surface area contributed by atoms with E-state index in [0.29, 0.717) is 11.1 Å². The zero-order valence-corrected chi connectivity index (χ0v) is 25.2. The summed E-state index contributed by atoms with van der Waals surface area (Å²) >= 11 is 0. The summed E-state index contributed by atoms with van der Waals surface area (Å²) in [5.41, 5.74) is 0.671. The van der Waals surface area contributed by atoms with E-state index in [4.69, 9.17) is 0 Å². The van der Waals surface area contributed by atoms with Gasteiger partial charge in [0.05, 0.1) is 11.1 Å². The molecule has 0 bridgehead atoms. The van der Waals surface area contributed by atoms with Gasteiger partial charge in [-0.2, -0.15) is 26.3 Å². The van der Waals surface area contributed by atoms with Crippen LogP contribution < -0.4 is 0 Å². The second-order valence-corrected chi connectivity index (χ2v) is 13.7. The molecule has 3 aromatic carbocycles. The van der Waals surface area contributed by atoms with Crippen molar-refractivity contribution in [1.82, 2.24) is 0 Å². The van der Waals surface area contributed by atoms with Gasteiger partial charge in [0.25, 0.3) is 0 Å². The predicted octanol–water partition coefficient (Wildman–Crippen LogP) is 11.3. The first-order valence-corrected chi connectivity index (χ1v) is 14.4. The molecule has 0 heterocycles. The number of hydrogen-bond acceptors (Lipinski definition) is 0. The third-order valence-electron chi connectivity index (χ3n) is 8.79. The minimum absolute atomic E-state index is 0.319. The van der Waals surface area contributed by atoms with Gasteiger partial charge in [-0.1, -0.05) is 132 Å². The Morgan fingerprint density at radius 2 is 1.02 bits per heavy atom. The molecule has 226 valence electrons. The summed E-state index contributed by atoms with van der Waals surface area (Å²) in [6.45, 7) is 12.4. The maximum absolute atomic E-state index is 14.3. The average Bonchev–Trinajstić information content (AvgIpc) is 3.58. The summed E-state index contributed by atoms with van der Waals surface area (Å²) in [6.07, 6.45) is 0.289. The fourth-order valence-corrected chi connectivity index (χ4v) is 6.93. The highest BCUT2D eigenvalue weighted by molar-refractivity contribution is 5.74. The Morgan fingerprint density at radius 1 is 0.558 bits per heavy atom. The molecular weight excluding hydrogens is 558 g/mol. The molecule has 2 aliphatic rings. The van der Waals surface area contributed by atoms with Crippen molar-refractivity contribution in [2.45, 2.75) is 70.6 Å². The SMILES string of the molecule is CC(C)(C)C1=Cc2cccc(C(C)(C)C)c2C1C(c1cccc(C(F)(F)F)c1)(c1cccc(C(F)(F)F)c1)C1C=CC=C1. The Kier molecular flexibility index (Phi) is 7.39. The van der Waals surface area contributed by atoms with Crippen LogP contribution in [0.15, 0.2) is 96.6 Å².